The number of nitrogens with one attached hydrogen (secondary N) is 2. The van der Waals surface area contributed by atoms with Crippen molar-refractivity contribution >= 4 is 34.9 Å². The zero-order chi connectivity index (χ0) is 21.2. The second-order valence-electron chi connectivity index (χ2n) is 6.76. The molecule has 0 saturated carbocycles. The van der Waals surface area contributed by atoms with Crippen molar-refractivity contribution in [2.24, 2.45) is 5.92 Å². The standard InChI is InChI=1S/C22H26N2O4S/c1-4-27-21(26)17-5-9-18(10-6-17)23-22(29)24-20(25)16-7-11-19(12-8-16)28-14-13-15(2)3/h5-12,15H,4,13-14H2,1-3H3,(H2,23,24,25,29). The normalized spacial score (nSPS) is 10.3. The number of rotatable bonds is 8. The first-order valence-corrected chi connectivity index (χ1v) is 9.92. The highest BCUT2D eigenvalue weighted by molar-refractivity contribution is 7.80. The Balaban J connectivity index is 1.85. The molecular formula is C22H26N2O4S. The van der Waals surface area contributed by atoms with Crippen LogP contribution < -0.4 is 15.4 Å². The van der Waals surface area contributed by atoms with Gasteiger partial charge in [-0.3, -0.25) is 10.1 Å². The lowest BCUT2D eigenvalue weighted by atomic mass is 10.1. The summed E-state index contributed by atoms with van der Waals surface area (Å²) in [4.78, 5) is 24.0. The van der Waals surface area contributed by atoms with E-state index in [9.17, 15) is 9.59 Å². The molecular weight excluding hydrogens is 388 g/mol. The molecule has 0 radical (unpaired) electrons. The molecule has 2 aromatic rings. The zero-order valence-corrected chi connectivity index (χ0v) is 17.7. The molecule has 2 rings (SSSR count). The minimum absolute atomic E-state index is 0.163. The molecule has 0 atom stereocenters. The van der Waals surface area contributed by atoms with Gasteiger partial charge in [0.2, 0.25) is 0 Å². The number of benzene rings is 2. The lowest BCUT2D eigenvalue weighted by Gasteiger charge is -2.11. The lowest BCUT2D eigenvalue weighted by molar-refractivity contribution is 0.0526. The molecule has 0 fully saturated rings. The number of esters is 1. The number of thiocarbonyl (C=S) groups is 1. The summed E-state index contributed by atoms with van der Waals surface area (Å²) in [6, 6.07) is 13.5. The Kier molecular flexibility index (Phi) is 8.61. The topological polar surface area (TPSA) is 76.7 Å². The van der Waals surface area contributed by atoms with Crippen molar-refractivity contribution < 1.29 is 19.1 Å². The van der Waals surface area contributed by atoms with Gasteiger partial charge in [0.25, 0.3) is 5.91 Å². The number of anilines is 1. The van der Waals surface area contributed by atoms with Crippen molar-refractivity contribution in [1.82, 2.24) is 5.32 Å². The minimum Gasteiger partial charge on any atom is -0.494 e. The van der Waals surface area contributed by atoms with Gasteiger partial charge >= 0.3 is 5.97 Å². The number of hydrogen-bond donors (Lipinski definition) is 2. The van der Waals surface area contributed by atoms with E-state index in [-0.39, 0.29) is 17.0 Å². The Morgan fingerprint density at radius 3 is 2.21 bits per heavy atom. The van der Waals surface area contributed by atoms with Gasteiger partial charge in [-0.2, -0.15) is 0 Å². The van der Waals surface area contributed by atoms with Crippen LogP contribution in [-0.2, 0) is 4.74 Å². The molecule has 0 aliphatic carbocycles. The summed E-state index contributed by atoms with van der Waals surface area (Å²) in [6.07, 6.45) is 0.975. The van der Waals surface area contributed by atoms with E-state index in [1.54, 1.807) is 55.5 Å². The maximum absolute atomic E-state index is 12.3. The second kappa shape index (κ2) is 11.2. The fourth-order valence-electron chi connectivity index (χ4n) is 2.36. The Morgan fingerprint density at radius 2 is 1.62 bits per heavy atom. The minimum atomic E-state index is -0.383. The summed E-state index contributed by atoms with van der Waals surface area (Å²) >= 11 is 5.19. The smallest absolute Gasteiger partial charge is 0.338 e. The highest BCUT2D eigenvalue weighted by Gasteiger charge is 2.10. The van der Waals surface area contributed by atoms with E-state index in [2.05, 4.69) is 24.5 Å². The Morgan fingerprint density at radius 1 is 1.00 bits per heavy atom. The van der Waals surface area contributed by atoms with Gasteiger partial charge < -0.3 is 14.8 Å². The second-order valence-corrected chi connectivity index (χ2v) is 7.17. The fourth-order valence-corrected chi connectivity index (χ4v) is 2.57. The number of carbonyl (C=O) groups is 2. The molecule has 0 unspecified atom stereocenters. The van der Waals surface area contributed by atoms with Crippen LogP contribution >= 0.6 is 12.2 Å². The molecule has 0 heterocycles. The highest BCUT2D eigenvalue weighted by Crippen LogP contribution is 2.14. The van der Waals surface area contributed by atoms with Gasteiger partial charge in [0.15, 0.2) is 5.11 Å². The lowest BCUT2D eigenvalue weighted by Crippen LogP contribution is -2.34. The molecule has 0 spiro atoms. The number of ether oxygens (including phenoxy) is 2. The van der Waals surface area contributed by atoms with E-state index >= 15 is 0 Å². The molecule has 7 heteroatoms. The van der Waals surface area contributed by atoms with Gasteiger partial charge in [-0.05, 0) is 80.0 Å². The molecule has 2 aromatic carbocycles. The summed E-state index contributed by atoms with van der Waals surface area (Å²) in [7, 11) is 0. The van der Waals surface area contributed by atoms with Crippen LogP contribution in [0.25, 0.3) is 0 Å². The third kappa shape index (κ3) is 7.54. The van der Waals surface area contributed by atoms with Crippen LogP contribution in [0.15, 0.2) is 48.5 Å². The molecule has 29 heavy (non-hydrogen) atoms. The predicted molar refractivity (Wildman–Crippen MR) is 117 cm³/mol. The molecule has 1 amide bonds. The molecule has 0 aliphatic heterocycles. The molecule has 0 aliphatic rings. The van der Waals surface area contributed by atoms with E-state index in [0.29, 0.717) is 35.9 Å². The summed E-state index contributed by atoms with van der Waals surface area (Å²) in [5.41, 5.74) is 1.57. The third-order valence-corrected chi connectivity index (χ3v) is 4.17. The Hall–Kier alpha value is -2.93. The first-order valence-electron chi connectivity index (χ1n) is 9.51. The van der Waals surface area contributed by atoms with Crippen molar-refractivity contribution in [1.29, 1.82) is 0 Å². The van der Waals surface area contributed by atoms with Gasteiger partial charge in [0.05, 0.1) is 18.8 Å². The number of carbonyl (C=O) groups excluding carboxylic acids is 2. The molecule has 2 N–H and O–H groups in total. The molecule has 154 valence electrons. The van der Waals surface area contributed by atoms with Crippen molar-refractivity contribution in [3.05, 3.63) is 59.7 Å². The monoisotopic (exact) mass is 414 g/mol. The van der Waals surface area contributed by atoms with Crippen LogP contribution in [-0.4, -0.2) is 30.2 Å². The molecule has 0 saturated heterocycles. The van der Waals surface area contributed by atoms with Gasteiger partial charge in [-0.25, -0.2) is 4.79 Å². The first-order chi connectivity index (χ1) is 13.9. The van der Waals surface area contributed by atoms with Crippen LogP contribution in [0.1, 0.15) is 47.9 Å². The van der Waals surface area contributed by atoms with Crippen molar-refractivity contribution in [2.45, 2.75) is 27.2 Å². The average molecular weight is 415 g/mol. The first kappa shape index (κ1) is 22.4. The van der Waals surface area contributed by atoms with Crippen LogP contribution in [0.3, 0.4) is 0 Å². The zero-order valence-electron chi connectivity index (χ0n) is 16.9. The largest absolute Gasteiger partial charge is 0.494 e. The maximum atomic E-state index is 12.3. The Labute approximate surface area is 176 Å². The summed E-state index contributed by atoms with van der Waals surface area (Å²) in [5.74, 6) is 0.602. The molecule has 0 aromatic heterocycles. The molecule has 6 nitrogen and oxygen atoms in total. The number of amides is 1. The average Bonchev–Trinajstić information content (AvgIpc) is 2.69. The number of hydrogen-bond acceptors (Lipinski definition) is 5. The third-order valence-electron chi connectivity index (χ3n) is 3.96. The van der Waals surface area contributed by atoms with E-state index in [1.807, 2.05) is 0 Å². The maximum Gasteiger partial charge on any atom is 0.338 e. The fraction of sp³-hybridized carbons (Fsp3) is 0.318. The highest BCUT2D eigenvalue weighted by atomic mass is 32.1. The van der Waals surface area contributed by atoms with E-state index in [1.165, 1.54) is 0 Å². The van der Waals surface area contributed by atoms with E-state index in [0.717, 1.165) is 12.2 Å². The van der Waals surface area contributed by atoms with Gasteiger partial charge in [-0.15, -0.1) is 0 Å². The SMILES string of the molecule is CCOC(=O)c1ccc(NC(=S)NC(=O)c2ccc(OCCC(C)C)cc2)cc1. The van der Waals surface area contributed by atoms with Crippen LogP contribution in [0.2, 0.25) is 0 Å². The Bertz CT molecular complexity index is 833. The van der Waals surface area contributed by atoms with Crippen LogP contribution in [0.5, 0.6) is 5.75 Å². The van der Waals surface area contributed by atoms with Crippen molar-refractivity contribution in [2.75, 3.05) is 18.5 Å². The summed E-state index contributed by atoms with van der Waals surface area (Å²) < 4.78 is 10.6. The van der Waals surface area contributed by atoms with Gasteiger partial charge in [-0.1, -0.05) is 13.8 Å². The van der Waals surface area contributed by atoms with Crippen LogP contribution in [0, 0.1) is 5.92 Å². The van der Waals surface area contributed by atoms with E-state index in [4.69, 9.17) is 21.7 Å². The van der Waals surface area contributed by atoms with Gasteiger partial charge in [0.1, 0.15) is 5.75 Å². The van der Waals surface area contributed by atoms with Crippen molar-refractivity contribution in [3.8, 4) is 5.75 Å². The van der Waals surface area contributed by atoms with E-state index < -0.39 is 0 Å². The molecule has 0 bridgehead atoms. The quantitative estimate of drug-likeness (QED) is 0.492. The van der Waals surface area contributed by atoms with Crippen LogP contribution in [0.4, 0.5) is 5.69 Å². The summed E-state index contributed by atoms with van der Waals surface area (Å²) in [6.45, 7) is 7.00. The predicted octanol–water partition coefficient (Wildman–Crippen LogP) is 4.42. The van der Waals surface area contributed by atoms with Crippen molar-refractivity contribution in [3.63, 3.8) is 0 Å². The van der Waals surface area contributed by atoms with Gasteiger partial charge in [0, 0.05) is 11.3 Å². The summed E-state index contributed by atoms with van der Waals surface area (Å²) in [5, 5.41) is 5.71.